The van der Waals surface area contributed by atoms with E-state index in [-0.39, 0.29) is 24.2 Å². The molecule has 0 spiro atoms. The maximum absolute atomic E-state index is 13.8. The summed E-state index contributed by atoms with van der Waals surface area (Å²) in [4.78, 5) is 55.0. The average molecular weight is 605 g/mol. The van der Waals surface area contributed by atoms with E-state index >= 15 is 0 Å². The second-order valence-electron chi connectivity index (χ2n) is 11.6. The quantitative estimate of drug-likeness (QED) is 0.426. The largest absolute Gasteiger partial charge is 0.344 e. The number of halogens is 1. The van der Waals surface area contributed by atoms with Crippen molar-refractivity contribution in [2.75, 3.05) is 6.54 Å². The monoisotopic (exact) mass is 604 g/mol. The molecule has 12 heteroatoms. The molecule has 0 radical (unpaired) electrons. The van der Waals surface area contributed by atoms with Gasteiger partial charge in [0.05, 0.1) is 11.7 Å². The van der Waals surface area contributed by atoms with Crippen molar-refractivity contribution in [1.82, 2.24) is 20.3 Å². The Labute approximate surface area is 245 Å². The number of sulfonamides is 1. The fourth-order valence-corrected chi connectivity index (χ4v) is 7.30. The van der Waals surface area contributed by atoms with Gasteiger partial charge in [-0.25, -0.2) is 8.42 Å². The maximum atomic E-state index is 13.8. The fraction of sp³-hybridized carbons (Fsp3) is 0.586. The molecule has 4 unspecified atom stereocenters. The Balaban J connectivity index is 1.32. The third-order valence-corrected chi connectivity index (χ3v) is 10.5. The Hall–Kier alpha value is -2.92. The van der Waals surface area contributed by atoms with Gasteiger partial charge in [-0.3, -0.25) is 23.9 Å². The molecule has 10 nitrogen and oxygen atoms in total. The molecule has 1 saturated heterocycles. The molecule has 4 amide bonds. The van der Waals surface area contributed by atoms with Crippen LogP contribution < -0.4 is 15.4 Å². The van der Waals surface area contributed by atoms with E-state index in [0.29, 0.717) is 50.1 Å². The summed E-state index contributed by atoms with van der Waals surface area (Å²) in [6, 6.07) is 5.36. The van der Waals surface area contributed by atoms with Gasteiger partial charge in [0, 0.05) is 17.5 Å². The topological polar surface area (TPSA) is 142 Å². The first-order chi connectivity index (χ1) is 19.6. The first-order valence-electron chi connectivity index (χ1n) is 14.5. The summed E-state index contributed by atoms with van der Waals surface area (Å²) < 4.78 is 27.2. The number of amides is 4. The number of hydrogen-bond acceptors (Lipinski definition) is 6. The van der Waals surface area contributed by atoms with Crippen LogP contribution in [0.25, 0.3) is 0 Å². The lowest BCUT2D eigenvalue weighted by Gasteiger charge is -2.30. The number of carbonyl (C=O) groups excluding carboxylic acids is 4. The van der Waals surface area contributed by atoms with Crippen LogP contribution in [0.4, 0.5) is 0 Å². The summed E-state index contributed by atoms with van der Waals surface area (Å²) >= 11 is 5.95. The van der Waals surface area contributed by atoms with Gasteiger partial charge in [0.15, 0.2) is 0 Å². The molecule has 1 aromatic rings. The van der Waals surface area contributed by atoms with E-state index < -0.39 is 44.7 Å². The lowest BCUT2D eigenvalue weighted by molar-refractivity contribution is -0.142. The zero-order valence-corrected chi connectivity index (χ0v) is 24.5. The minimum Gasteiger partial charge on any atom is -0.344 e. The second kappa shape index (κ2) is 12.1. The summed E-state index contributed by atoms with van der Waals surface area (Å²) in [5, 5.41) is 5.75. The highest BCUT2D eigenvalue weighted by atomic mass is 35.5. The molecule has 0 aromatic heterocycles. The molecule has 4 aliphatic rings. The van der Waals surface area contributed by atoms with Gasteiger partial charge in [-0.1, -0.05) is 48.7 Å². The van der Waals surface area contributed by atoms with Crippen LogP contribution in [0.15, 0.2) is 36.4 Å². The molecule has 2 aliphatic heterocycles. The number of nitrogens with one attached hydrogen (secondary N) is 3. The zero-order valence-electron chi connectivity index (χ0n) is 22.9. The van der Waals surface area contributed by atoms with Gasteiger partial charge in [0.1, 0.15) is 17.6 Å². The number of hydrogen-bond donors (Lipinski definition) is 3. The minimum atomic E-state index is -3.79. The molecule has 4 atom stereocenters. The van der Waals surface area contributed by atoms with Gasteiger partial charge in [-0.2, -0.15) is 0 Å². The molecule has 2 heterocycles. The first kappa shape index (κ1) is 29.6. The second-order valence-corrected chi connectivity index (χ2v) is 14.0. The van der Waals surface area contributed by atoms with E-state index in [1.807, 2.05) is 12.2 Å². The maximum Gasteiger partial charge on any atom is 0.259 e. The van der Waals surface area contributed by atoms with E-state index in [1.54, 1.807) is 24.3 Å². The summed E-state index contributed by atoms with van der Waals surface area (Å²) in [7, 11) is -3.79. The third-order valence-electron chi connectivity index (χ3n) is 8.45. The van der Waals surface area contributed by atoms with Gasteiger partial charge in [0.25, 0.3) is 5.91 Å². The van der Waals surface area contributed by atoms with Crippen LogP contribution in [0.2, 0.25) is 5.02 Å². The number of nitrogens with zero attached hydrogens (tertiary/aromatic N) is 1. The Morgan fingerprint density at radius 2 is 1.78 bits per heavy atom. The van der Waals surface area contributed by atoms with Crippen LogP contribution in [-0.2, 0) is 35.6 Å². The van der Waals surface area contributed by atoms with Crippen molar-refractivity contribution in [3.63, 3.8) is 0 Å². The molecule has 3 N–H and O–H groups in total. The summed E-state index contributed by atoms with van der Waals surface area (Å²) in [5.74, 6) is -2.13. The van der Waals surface area contributed by atoms with Crippen LogP contribution >= 0.6 is 11.6 Å². The molecular weight excluding hydrogens is 568 g/mol. The Kier molecular flexibility index (Phi) is 8.75. The first-order valence-corrected chi connectivity index (χ1v) is 16.4. The van der Waals surface area contributed by atoms with E-state index in [9.17, 15) is 27.6 Å². The number of fused-ring (bicyclic) bond motifs is 2. The molecule has 0 bridgehead atoms. The van der Waals surface area contributed by atoms with Crippen LogP contribution in [0.3, 0.4) is 0 Å². The van der Waals surface area contributed by atoms with Gasteiger partial charge >= 0.3 is 0 Å². The highest BCUT2D eigenvalue weighted by Gasteiger charge is 2.61. The van der Waals surface area contributed by atoms with Crippen molar-refractivity contribution < 1.29 is 27.6 Å². The van der Waals surface area contributed by atoms with E-state index in [0.717, 1.165) is 31.2 Å². The van der Waals surface area contributed by atoms with Crippen LogP contribution in [0.5, 0.6) is 0 Å². The van der Waals surface area contributed by atoms with Crippen molar-refractivity contribution in [1.29, 1.82) is 0 Å². The lowest BCUT2D eigenvalue weighted by atomic mass is 10.0. The van der Waals surface area contributed by atoms with Gasteiger partial charge < -0.3 is 15.5 Å². The number of rotatable bonds is 6. The molecule has 2 saturated carbocycles. The van der Waals surface area contributed by atoms with Crippen LogP contribution in [0, 0.1) is 5.92 Å². The standard InChI is InChI=1S/C29H37ClN4O6S/c30-21-12-10-19(11-13-21)17-25(35)31-23-8-5-3-1-2-4-7-20-18-29(20,28(38)33-41(39,40)22-14-15-22)32-26(36)24-9-6-16-34(24)27(23)37/h4,7,10-13,20,22-24H,1-3,5-6,8-9,14-18H2,(H,31,35)(H,32,36)(H,33,38)/b7-4-. The van der Waals surface area contributed by atoms with E-state index in [1.165, 1.54) is 4.90 Å². The summed E-state index contributed by atoms with van der Waals surface area (Å²) in [5.41, 5.74) is -0.591. The predicted octanol–water partition coefficient (Wildman–Crippen LogP) is 2.36. The van der Waals surface area contributed by atoms with Crippen LogP contribution in [0.1, 0.15) is 69.8 Å². The average Bonchev–Trinajstić information content (AvgIpc) is 3.84. The highest BCUT2D eigenvalue weighted by Crippen LogP contribution is 2.46. The molecule has 1 aromatic carbocycles. The normalized spacial score (nSPS) is 29.7. The Morgan fingerprint density at radius 1 is 1.02 bits per heavy atom. The molecule has 222 valence electrons. The van der Waals surface area contributed by atoms with Gasteiger partial charge in [-0.15, -0.1) is 0 Å². The number of carbonyl (C=O) groups is 4. The minimum absolute atomic E-state index is 0.0957. The van der Waals surface area contributed by atoms with Crippen molar-refractivity contribution in [2.45, 2.75) is 93.5 Å². The van der Waals surface area contributed by atoms with Crippen molar-refractivity contribution in [3.05, 3.63) is 47.0 Å². The predicted molar refractivity (Wildman–Crippen MR) is 153 cm³/mol. The van der Waals surface area contributed by atoms with Gasteiger partial charge in [-0.05, 0) is 69.1 Å². The molecular formula is C29H37ClN4O6S. The molecule has 5 rings (SSSR count). The fourth-order valence-electron chi connectivity index (χ4n) is 5.81. The Bertz CT molecular complexity index is 1330. The smallest absolute Gasteiger partial charge is 0.259 e. The highest BCUT2D eigenvalue weighted by molar-refractivity contribution is 7.91. The van der Waals surface area contributed by atoms with Crippen molar-refractivity contribution in [3.8, 4) is 0 Å². The van der Waals surface area contributed by atoms with E-state index in [4.69, 9.17) is 11.6 Å². The number of benzene rings is 1. The zero-order chi connectivity index (χ0) is 29.2. The van der Waals surface area contributed by atoms with Crippen molar-refractivity contribution >= 4 is 45.3 Å². The molecule has 2 aliphatic carbocycles. The van der Waals surface area contributed by atoms with Crippen molar-refractivity contribution in [2.24, 2.45) is 5.92 Å². The molecule has 41 heavy (non-hydrogen) atoms. The van der Waals surface area contributed by atoms with E-state index in [2.05, 4.69) is 15.4 Å². The number of allylic oxidation sites excluding steroid dienone is 1. The summed E-state index contributed by atoms with van der Waals surface area (Å²) in [6.07, 6.45) is 9.94. The van der Waals surface area contributed by atoms with Gasteiger partial charge in [0.2, 0.25) is 27.7 Å². The Morgan fingerprint density at radius 3 is 2.51 bits per heavy atom. The lowest BCUT2D eigenvalue weighted by Crippen LogP contribution is -2.58. The summed E-state index contributed by atoms with van der Waals surface area (Å²) in [6.45, 7) is 0.360. The third kappa shape index (κ3) is 6.94. The molecule has 3 fully saturated rings. The SMILES string of the molecule is O=C(Cc1ccc(Cl)cc1)NC1CCCCC/C=C\C2CC2(C(=O)NS(=O)(=O)C2CC2)NC(=O)C2CCCN2C1=O. The van der Waals surface area contributed by atoms with Crippen LogP contribution in [-0.4, -0.2) is 66.4 Å².